The Kier molecular flexibility index (Phi) is 5.06. The van der Waals surface area contributed by atoms with Crippen molar-refractivity contribution in [1.82, 2.24) is 9.71 Å². The molecule has 0 saturated heterocycles. The van der Waals surface area contributed by atoms with Gasteiger partial charge in [0, 0.05) is 31.4 Å². The first-order chi connectivity index (χ1) is 10.0. The van der Waals surface area contributed by atoms with Gasteiger partial charge in [-0.05, 0) is 36.2 Å². The second-order valence-electron chi connectivity index (χ2n) is 4.71. The highest BCUT2D eigenvalue weighted by molar-refractivity contribution is 7.89. The third-order valence-electron chi connectivity index (χ3n) is 3.31. The maximum atomic E-state index is 12.3. The predicted molar refractivity (Wildman–Crippen MR) is 82.2 cm³/mol. The highest BCUT2D eigenvalue weighted by Gasteiger charge is 2.17. The van der Waals surface area contributed by atoms with E-state index in [4.69, 9.17) is 5.73 Å². The molecular formula is C15H19N3O2S. The van der Waals surface area contributed by atoms with Crippen LogP contribution in [-0.2, 0) is 23.0 Å². The molecule has 21 heavy (non-hydrogen) atoms. The number of hydrogen-bond donors (Lipinski definition) is 2. The van der Waals surface area contributed by atoms with Crippen LogP contribution in [0.15, 0.2) is 47.5 Å². The van der Waals surface area contributed by atoms with Gasteiger partial charge in [0.1, 0.15) is 0 Å². The van der Waals surface area contributed by atoms with E-state index in [9.17, 15) is 8.42 Å². The summed E-state index contributed by atoms with van der Waals surface area (Å²) < 4.78 is 27.3. The number of benzene rings is 1. The van der Waals surface area contributed by atoms with Crippen LogP contribution < -0.4 is 10.5 Å². The monoisotopic (exact) mass is 305 g/mol. The maximum absolute atomic E-state index is 12.3. The highest BCUT2D eigenvalue weighted by Crippen LogP contribution is 2.18. The minimum absolute atomic E-state index is 0.284. The van der Waals surface area contributed by atoms with Gasteiger partial charge >= 0.3 is 0 Å². The molecule has 1 aromatic heterocycles. The number of pyridine rings is 1. The maximum Gasteiger partial charge on any atom is 0.240 e. The molecule has 5 nitrogen and oxygen atoms in total. The Hall–Kier alpha value is -1.76. The molecule has 0 aliphatic carbocycles. The normalized spacial score (nSPS) is 11.5. The lowest BCUT2D eigenvalue weighted by Gasteiger charge is -2.11. The van der Waals surface area contributed by atoms with Crippen LogP contribution in [0, 0.1) is 6.92 Å². The Morgan fingerprint density at radius 1 is 1.19 bits per heavy atom. The number of nitrogens with two attached hydrogens (primary N) is 1. The molecule has 0 atom stereocenters. The van der Waals surface area contributed by atoms with Gasteiger partial charge in [0.15, 0.2) is 0 Å². The average Bonchev–Trinajstić information content (AvgIpc) is 2.48. The van der Waals surface area contributed by atoms with E-state index in [2.05, 4.69) is 9.71 Å². The summed E-state index contributed by atoms with van der Waals surface area (Å²) in [6.45, 7) is 2.41. The van der Waals surface area contributed by atoms with E-state index in [-0.39, 0.29) is 4.90 Å². The number of rotatable bonds is 6. The zero-order valence-electron chi connectivity index (χ0n) is 11.9. The van der Waals surface area contributed by atoms with Crippen molar-refractivity contribution in [3.63, 3.8) is 0 Å². The Bertz CT molecular complexity index is 700. The van der Waals surface area contributed by atoms with E-state index >= 15 is 0 Å². The van der Waals surface area contributed by atoms with Crippen LogP contribution in [0.5, 0.6) is 0 Å². The second kappa shape index (κ2) is 6.80. The molecule has 0 spiro atoms. The lowest BCUT2D eigenvalue weighted by molar-refractivity contribution is 0.580. The summed E-state index contributed by atoms with van der Waals surface area (Å²) in [5, 5.41) is 0. The first-order valence-corrected chi connectivity index (χ1v) is 8.21. The molecule has 112 valence electrons. The molecule has 1 heterocycles. The van der Waals surface area contributed by atoms with E-state index in [1.54, 1.807) is 25.3 Å². The van der Waals surface area contributed by atoms with Crippen LogP contribution in [0.4, 0.5) is 0 Å². The van der Waals surface area contributed by atoms with E-state index in [0.29, 0.717) is 25.1 Å². The predicted octanol–water partition coefficient (Wildman–Crippen LogP) is 1.37. The van der Waals surface area contributed by atoms with Crippen LogP contribution in [0.2, 0.25) is 0 Å². The van der Waals surface area contributed by atoms with E-state index in [1.165, 1.54) is 0 Å². The van der Waals surface area contributed by atoms with Crippen LogP contribution in [0.1, 0.15) is 16.8 Å². The molecule has 0 aliphatic rings. The molecule has 2 aromatic rings. The molecule has 0 unspecified atom stereocenters. The van der Waals surface area contributed by atoms with Crippen molar-refractivity contribution in [2.75, 3.05) is 6.54 Å². The molecule has 0 amide bonds. The molecular weight excluding hydrogens is 286 g/mol. The Balaban J connectivity index is 2.09. The third-order valence-corrected chi connectivity index (χ3v) is 4.91. The fraction of sp³-hybridized carbons (Fsp3) is 0.267. The Morgan fingerprint density at radius 2 is 2.00 bits per heavy atom. The zero-order chi connectivity index (χ0) is 15.3. The van der Waals surface area contributed by atoms with Gasteiger partial charge in [-0.25, -0.2) is 13.1 Å². The van der Waals surface area contributed by atoms with E-state index in [0.717, 1.165) is 11.3 Å². The first kappa shape index (κ1) is 15.6. The van der Waals surface area contributed by atoms with Crippen molar-refractivity contribution in [3.05, 3.63) is 59.4 Å². The largest absolute Gasteiger partial charge is 0.326 e. The lowest BCUT2D eigenvalue weighted by atomic mass is 10.1. The van der Waals surface area contributed by atoms with Crippen molar-refractivity contribution >= 4 is 10.0 Å². The van der Waals surface area contributed by atoms with Crippen molar-refractivity contribution < 1.29 is 8.42 Å². The molecule has 2 rings (SSSR count). The number of nitrogens with one attached hydrogen (secondary N) is 1. The van der Waals surface area contributed by atoms with Crippen molar-refractivity contribution in [2.45, 2.75) is 24.8 Å². The van der Waals surface area contributed by atoms with Crippen LogP contribution in [-0.4, -0.2) is 19.9 Å². The SMILES string of the molecule is Cc1c(CN)cccc1S(=O)(=O)NCCc1ccccn1. The summed E-state index contributed by atoms with van der Waals surface area (Å²) in [5.41, 5.74) is 8.00. The van der Waals surface area contributed by atoms with Gasteiger partial charge in [-0.3, -0.25) is 4.98 Å². The van der Waals surface area contributed by atoms with Crippen molar-refractivity contribution in [1.29, 1.82) is 0 Å². The zero-order valence-corrected chi connectivity index (χ0v) is 12.7. The van der Waals surface area contributed by atoms with Gasteiger partial charge in [-0.1, -0.05) is 18.2 Å². The van der Waals surface area contributed by atoms with Gasteiger partial charge in [-0.15, -0.1) is 0 Å². The van der Waals surface area contributed by atoms with Crippen molar-refractivity contribution in [3.8, 4) is 0 Å². The summed E-state index contributed by atoms with van der Waals surface area (Å²) in [5.74, 6) is 0. The molecule has 0 fully saturated rings. The van der Waals surface area contributed by atoms with Gasteiger partial charge in [0.2, 0.25) is 10.0 Å². The fourth-order valence-electron chi connectivity index (χ4n) is 2.11. The summed E-state index contributed by atoms with van der Waals surface area (Å²) in [6.07, 6.45) is 2.24. The molecule has 6 heteroatoms. The van der Waals surface area contributed by atoms with Crippen LogP contribution >= 0.6 is 0 Å². The number of aromatic nitrogens is 1. The quantitative estimate of drug-likeness (QED) is 0.844. The number of hydrogen-bond acceptors (Lipinski definition) is 4. The minimum atomic E-state index is -3.53. The standard InChI is InChI=1S/C15H19N3O2S/c1-12-13(11-16)5-4-7-15(12)21(19,20)18-10-8-14-6-2-3-9-17-14/h2-7,9,18H,8,10-11,16H2,1H3. The summed E-state index contributed by atoms with van der Waals surface area (Å²) in [6, 6.07) is 10.7. The molecule has 0 saturated carbocycles. The Morgan fingerprint density at radius 3 is 2.67 bits per heavy atom. The molecule has 3 N–H and O–H groups in total. The smallest absolute Gasteiger partial charge is 0.240 e. The van der Waals surface area contributed by atoms with E-state index in [1.807, 2.05) is 24.3 Å². The average molecular weight is 305 g/mol. The first-order valence-electron chi connectivity index (χ1n) is 6.72. The van der Waals surface area contributed by atoms with Crippen LogP contribution in [0.25, 0.3) is 0 Å². The van der Waals surface area contributed by atoms with Gasteiger partial charge in [-0.2, -0.15) is 0 Å². The third kappa shape index (κ3) is 3.87. The van der Waals surface area contributed by atoms with Gasteiger partial charge in [0.05, 0.1) is 4.90 Å². The summed E-state index contributed by atoms with van der Waals surface area (Å²) in [7, 11) is -3.53. The van der Waals surface area contributed by atoms with Gasteiger partial charge < -0.3 is 5.73 Å². The molecule has 0 aliphatic heterocycles. The lowest BCUT2D eigenvalue weighted by Crippen LogP contribution is -2.27. The Labute approximate surface area is 125 Å². The second-order valence-corrected chi connectivity index (χ2v) is 6.45. The number of nitrogens with zero attached hydrogens (tertiary/aromatic N) is 1. The highest BCUT2D eigenvalue weighted by atomic mass is 32.2. The molecule has 0 radical (unpaired) electrons. The van der Waals surface area contributed by atoms with Gasteiger partial charge in [0.25, 0.3) is 0 Å². The molecule has 1 aromatic carbocycles. The molecule has 0 bridgehead atoms. The topological polar surface area (TPSA) is 85.1 Å². The van der Waals surface area contributed by atoms with Crippen LogP contribution in [0.3, 0.4) is 0 Å². The number of sulfonamides is 1. The minimum Gasteiger partial charge on any atom is -0.326 e. The summed E-state index contributed by atoms with van der Waals surface area (Å²) >= 11 is 0. The van der Waals surface area contributed by atoms with Crippen molar-refractivity contribution in [2.24, 2.45) is 5.73 Å². The fourth-order valence-corrected chi connectivity index (χ4v) is 3.43. The summed E-state index contributed by atoms with van der Waals surface area (Å²) in [4.78, 5) is 4.45. The van der Waals surface area contributed by atoms with E-state index < -0.39 is 10.0 Å².